The van der Waals surface area contributed by atoms with E-state index in [0.717, 1.165) is 25.0 Å². The second-order valence-electron chi connectivity index (χ2n) is 2.96. The first kappa shape index (κ1) is 9.10. The van der Waals surface area contributed by atoms with Gasteiger partial charge in [0.25, 0.3) is 0 Å². The van der Waals surface area contributed by atoms with Crippen LogP contribution in [-0.4, -0.2) is 20.1 Å². The van der Waals surface area contributed by atoms with Crippen LogP contribution in [0.2, 0.25) is 0 Å². The molecule has 0 bridgehead atoms. The number of amides is 1. The fraction of sp³-hybridized carbons (Fsp3) is 0.667. The highest BCUT2D eigenvalue weighted by atomic mass is 16.5. The molecule has 1 aliphatic rings. The molecular weight excluding hydrogens is 154 g/mol. The summed E-state index contributed by atoms with van der Waals surface area (Å²) in [5.74, 6) is 1.30. The highest BCUT2D eigenvalue weighted by Gasteiger charge is 2.20. The van der Waals surface area contributed by atoms with Crippen LogP contribution >= 0.6 is 0 Å². The van der Waals surface area contributed by atoms with Gasteiger partial charge in [0.15, 0.2) is 0 Å². The summed E-state index contributed by atoms with van der Waals surface area (Å²) < 4.78 is 5.08. The fourth-order valence-corrected chi connectivity index (χ4v) is 1.44. The van der Waals surface area contributed by atoms with Crippen LogP contribution in [0, 0.1) is 5.92 Å². The Labute approximate surface area is 72.8 Å². The minimum Gasteiger partial charge on any atom is -0.501 e. The Morgan fingerprint density at radius 3 is 2.92 bits per heavy atom. The van der Waals surface area contributed by atoms with Gasteiger partial charge in [-0.3, -0.25) is 4.79 Å². The van der Waals surface area contributed by atoms with Crippen molar-refractivity contribution in [3.8, 4) is 0 Å². The Kier molecular flexibility index (Phi) is 3.14. The maximum Gasteiger partial charge on any atom is 0.223 e. The molecular formula is C9H15NO2. The van der Waals surface area contributed by atoms with E-state index in [1.54, 1.807) is 14.2 Å². The largest absolute Gasteiger partial charge is 0.501 e. The molecule has 0 spiro atoms. The molecule has 1 atom stereocenters. The van der Waals surface area contributed by atoms with Crippen molar-refractivity contribution in [1.29, 1.82) is 0 Å². The second kappa shape index (κ2) is 4.14. The van der Waals surface area contributed by atoms with Gasteiger partial charge in [-0.05, 0) is 18.9 Å². The van der Waals surface area contributed by atoms with E-state index in [1.165, 1.54) is 0 Å². The van der Waals surface area contributed by atoms with Crippen LogP contribution in [0.3, 0.4) is 0 Å². The standard InChI is InChI=1S/C9H15NO2/c1-10-9(11)7-3-5-8(12-2)6-4-7/h5,7H,3-4,6H2,1-2H3,(H,10,11). The summed E-state index contributed by atoms with van der Waals surface area (Å²) in [4.78, 5) is 11.2. The number of nitrogens with one attached hydrogen (secondary N) is 1. The second-order valence-corrected chi connectivity index (χ2v) is 2.96. The van der Waals surface area contributed by atoms with E-state index < -0.39 is 0 Å². The first-order valence-electron chi connectivity index (χ1n) is 4.22. The van der Waals surface area contributed by atoms with Gasteiger partial charge >= 0.3 is 0 Å². The fourth-order valence-electron chi connectivity index (χ4n) is 1.44. The van der Waals surface area contributed by atoms with Crippen LogP contribution in [-0.2, 0) is 9.53 Å². The Hall–Kier alpha value is -0.990. The number of ether oxygens (including phenoxy) is 1. The average molecular weight is 169 g/mol. The number of hydrogen-bond donors (Lipinski definition) is 1. The summed E-state index contributed by atoms with van der Waals surface area (Å²) in [7, 11) is 3.35. The van der Waals surface area contributed by atoms with Crippen LogP contribution in [0.25, 0.3) is 0 Å². The Balaban J connectivity index is 2.46. The molecule has 0 aromatic heterocycles. The molecule has 0 saturated heterocycles. The van der Waals surface area contributed by atoms with Crippen molar-refractivity contribution in [3.05, 3.63) is 11.8 Å². The topological polar surface area (TPSA) is 38.3 Å². The van der Waals surface area contributed by atoms with Gasteiger partial charge in [0.05, 0.1) is 12.9 Å². The van der Waals surface area contributed by atoms with E-state index >= 15 is 0 Å². The monoisotopic (exact) mass is 169 g/mol. The van der Waals surface area contributed by atoms with Crippen LogP contribution in [0.5, 0.6) is 0 Å². The van der Waals surface area contributed by atoms with Crippen molar-refractivity contribution in [2.24, 2.45) is 5.92 Å². The van der Waals surface area contributed by atoms with E-state index in [-0.39, 0.29) is 11.8 Å². The van der Waals surface area contributed by atoms with E-state index in [4.69, 9.17) is 4.74 Å². The van der Waals surface area contributed by atoms with E-state index in [0.29, 0.717) is 0 Å². The highest BCUT2D eigenvalue weighted by Crippen LogP contribution is 2.23. The maximum absolute atomic E-state index is 11.2. The molecule has 3 nitrogen and oxygen atoms in total. The zero-order valence-electron chi connectivity index (χ0n) is 7.59. The molecule has 0 aromatic carbocycles. The van der Waals surface area contributed by atoms with Crippen LogP contribution < -0.4 is 5.32 Å². The minimum absolute atomic E-state index is 0.140. The molecule has 0 saturated carbocycles. The molecule has 68 valence electrons. The first-order chi connectivity index (χ1) is 5.77. The van der Waals surface area contributed by atoms with E-state index in [1.807, 2.05) is 6.08 Å². The molecule has 12 heavy (non-hydrogen) atoms. The number of rotatable bonds is 2. The summed E-state index contributed by atoms with van der Waals surface area (Å²) in [6, 6.07) is 0. The summed E-state index contributed by atoms with van der Waals surface area (Å²) in [6.07, 6.45) is 4.60. The molecule has 1 rings (SSSR count). The van der Waals surface area contributed by atoms with Crippen molar-refractivity contribution in [2.75, 3.05) is 14.2 Å². The number of carbonyl (C=O) groups excluding carboxylic acids is 1. The molecule has 0 aromatic rings. The van der Waals surface area contributed by atoms with Gasteiger partial charge in [-0.15, -0.1) is 0 Å². The van der Waals surface area contributed by atoms with Crippen molar-refractivity contribution in [1.82, 2.24) is 5.32 Å². The molecule has 0 aliphatic heterocycles. The minimum atomic E-state index is 0.140. The number of allylic oxidation sites excluding steroid dienone is 2. The molecule has 1 unspecified atom stereocenters. The highest BCUT2D eigenvalue weighted by molar-refractivity contribution is 5.78. The smallest absolute Gasteiger partial charge is 0.223 e. The van der Waals surface area contributed by atoms with Gasteiger partial charge in [0.2, 0.25) is 5.91 Å². The van der Waals surface area contributed by atoms with Crippen LogP contribution in [0.4, 0.5) is 0 Å². The average Bonchev–Trinajstić information content (AvgIpc) is 2.17. The number of hydrogen-bond acceptors (Lipinski definition) is 2. The van der Waals surface area contributed by atoms with Gasteiger partial charge in [0.1, 0.15) is 0 Å². The maximum atomic E-state index is 11.2. The summed E-state index contributed by atoms with van der Waals surface area (Å²) in [5, 5.41) is 2.66. The van der Waals surface area contributed by atoms with Gasteiger partial charge in [-0.25, -0.2) is 0 Å². The lowest BCUT2D eigenvalue weighted by Crippen LogP contribution is -2.28. The quantitative estimate of drug-likeness (QED) is 0.671. The normalized spacial score (nSPS) is 22.8. The van der Waals surface area contributed by atoms with Crippen LogP contribution in [0.1, 0.15) is 19.3 Å². The lowest BCUT2D eigenvalue weighted by Gasteiger charge is -2.19. The molecule has 0 heterocycles. The lowest BCUT2D eigenvalue weighted by molar-refractivity contribution is -0.124. The van der Waals surface area contributed by atoms with E-state index in [2.05, 4.69) is 5.32 Å². The van der Waals surface area contributed by atoms with E-state index in [9.17, 15) is 4.79 Å². The lowest BCUT2D eigenvalue weighted by atomic mass is 9.92. The molecule has 3 heteroatoms. The number of methoxy groups -OCH3 is 1. The third-order valence-corrected chi connectivity index (χ3v) is 2.25. The SMILES string of the molecule is CNC(=O)C1CC=C(OC)CC1. The number of carbonyl (C=O) groups is 1. The molecule has 0 radical (unpaired) electrons. The Morgan fingerprint density at radius 2 is 2.50 bits per heavy atom. The Morgan fingerprint density at radius 1 is 1.75 bits per heavy atom. The van der Waals surface area contributed by atoms with Gasteiger partial charge in [-0.1, -0.05) is 0 Å². The van der Waals surface area contributed by atoms with Crippen molar-refractivity contribution >= 4 is 5.91 Å². The summed E-state index contributed by atoms with van der Waals surface area (Å²) in [6.45, 7) is 0. The Bertz CT molecular complexity index is 199. The van der Waals surface area contributed by atoms with Crippen molar-refractivity contribution < 1.29 is 9.53 Å². The van der Waals surface area contributed by atoms with Crippen LogP contribution in [0.15, 0.2) is 11.8 Å². The zero-order chi connectivity index (χ0) is 8.97. The van der Waals surface area contributed by atoms with Gasteiger partial charge < -0.3 is 10.1 Å². The third kappa shape index (κ3) is 2.00. The third-order valence-electron chi connectivity index (χ3n) is 2.25. The predicted molar refractivity (Wildman–Crippen MR) is 46.5 cm³/mol. The van der Waals surface area contributed by atoms with Crippen molar-refractivity contribution in [2.45, 2.75) is 19.3 Å². The van der Waals surface area contributed by atoms with Gasteiger partial charge in [0, 0.05) is 19.4 Å². The van der Waals surface area contributed by atoms with Gasteiger partial charge in [-0.2, -0.15) is 0 Å². The summed E-state index contributed by atoms with van der Waals surface area (Å²) >= 11 is 0. The molecule has 1 aliphatic carbocycles. The summed E-state index contributed by atoms with van der Waals surface area (Å²) in [5.41, 5.74) is 0. The van der Waals surface area contributed by atoms with Crippen molar-refractivity contribution in [3.63, 3.8) is 0 Å². The predicted octanol–water partition coefficient (Wildman–Crippen LogP) is 1.06. The molecule has 1 amide bonds. The molecule has 1 N–H and O–H groups in total. The first-order valence-corrected chi connectivity index (χ1v) is 4.22. The zero-order valence-corrected chi connectivity index (χ0v) is 7.59. The molecule has 0 fully saturated rings.